The molecule has 1 aliphatic rings. The van der Waals surface area contributed by atoms with Crippen LogP contribution in [-0.2, 0) is 14.0 Å². The fraction of sp³-hybridized carbons (Fsp3) is 0.484. The molecule has 4 heteroatoms. The summed E-state index contributed by atoms with van der Waals surface area (Å²) in [7, 11) is -2.56. The first-order chi connectivity index (χ1) is 16.5. The van der Waals surface area contributed by atoms with E-state index in [1.165, 1.54) is 10.4 Å². The SMILES string of the molecule is C=C(CCC=O)[C@@]1(C)C(=O)CC[C@@]1(C)CCCO[Si](c1ccccc1)(c1ccccc1)C(C)(C)C. The van der Waals surface area contributed by atoms with E-state index in [2.05, 4.69) is 102 Å². The van der Waals surface area contributed by atoms with Crippen molar-refractivity contribution >= 4 is 30.8 Å². The molecular formula is C31H42O3Si. The van der Waals surface area contributed by atoms with Crippen LogP contribution in [0.25, 0.3) is 0 Å². The molecule has 3 nitrogen and oxygen atoms in total. The third-order valence-electron chi connectivity index (χ3n) is 8.55. The highest BCUT2D eigenvalue weighted by molar-refractivity contribution is 6.99. The van der Waals surface area contributed by atoms with Crippen LogP contribution in [0, 0.1) is 10.8 Å². The molecule has 3 rings (SSSR count). The van der Waals surface area contributed by atoms with Gasteiger partial charge in [-0.3, -0.25) is 4.79 Å². The molecule has 0 aromatic heterocycles. The van der Waals surface area contributed by atoms with Gasteiger partial charge < -0.3 is 9.22 Å². The number of hydrogen-bond donors (Lipinski definition) is 0. The highest BCUT2D eigenvalue weighted by Gasteiger charge is 2.55. The van der Waals surface area contributed by atoms with E-state index in [1.54, 1.807) is 0 Å². The second kappa shape index (κ2) is 10.8. The van der Waals surface area contributed by atoms with Crippen LogP contribution < -0.4 is 10.4 Å². The predicted molar refractivity (Wildman–Crippen MR) is 148 cm³/mol. The zero-order valence-corrected chi connectivity index (χ0v) is 23.2. The molecule has 0 N–H and O–H groups in total. The molecule has 1 aliphatic carbocycles. The normalized spacial score (nSPS) is 22.8. The maximum atomic E-state index is 13.0. The third kappa shape index (κ3) is 5.01. The minimum absolute atomic E-state index is 0.0550. The minimum atomic E-state index is -2.56. The molecule has 2 aromatic rings. The van der Waals surface area contributed by atoms with E-state index in [1.807, 2.05) is 0 Å². The van der Waals surface area contributed by atoms with Gasteiger partial charge in [-0.2, -0.15) is 0 Å². The number of rotatable bonds is 11. The Morgan fingerprint density at radius 3 is 2.06 bits per heavy atom. The predicted octanol–water partition coefficient (Wildman–Crippen LogP) is 6.25. The highest BCUT2D eigenvalue weighted by Crippen LogP contribution is 2.57. The largest absolute Gasteiger partial charge is 0.407 e. The molecule has 35 heavy (non-hydrogen) atoms. The topological polar surface area (TPSA) is 43.4 Å². The fourth-order valence-electron chi connectivity index (χ4n) is 6.16. The Balaban J connectivity index is 1.85. The Kier molecular flexibility index (Phi) is 8.39. The van der Waals surface area contributed by atoms with E-state index in [0.717, 1.165) is 31.1 Å². The Morgan fingerprint density at radius 2 is 1.57 bits per heavy atom. The van der Waals surface area contributed by atoms with Crippen molar-refractivity contribution in [3.05, 3.63) is 72.8 Å². The van der Waals surface area contributed by atoms with Crippen molar-refractivity contribution in [1.29, 1.82) is 0 Å². The number of ketones is 1. The van der Waals surface area contributed by atoms with Gasteiger partial charge in [-0.1, -0.05) is 101 Å². The van der Waals surface area contributed by atoms with E-state index in [9.17, 15) is 9.59 Å². The molecule has 0 amide bonds. The average Bonchev–Trinajstić information content (AvgIpc) is 3.08. The molecule has 0 bridgehead atoms. The molecule has 188 valence electrons. The Bertz CT molecular complexity index is 985. The first kappa shape index (κ1) is 27.3. The van der Waals surface area contributed by atoms with Gasteiger partial charge in [0.2, 0.25) is 0 Å². The van der Waals surface area contributed by atoms with E-state index in [0.29, 0.717) is 25.9 Å². The second-order valence-electron chi connectivity index (χ2n) is 11.5. The highest BCUT2D eigenvalue weighted by atomic mass is 28.4. The van der Waals surface area contributed by atoms with E-state index >= 15 is 0 Å². The fourth-order valence-corrected chi connectivity index (χ4v) is 10.8. The lowest BCUT2D eigenvalue weighted by Gasteiger charge is -2.44. The lowest BCUT2D eigenvalue weighted by molar-refractivity contribution is -0.126. The molecule has 0 spiro atoms. The number of Topliss-reactive ketones (excluding diaryl/α,β-unsaturated/α-hetero) is 1. The lowest BCUT2D eigenvalue weighted by atomic mass is 9.61. The molecule has 0 radical (unpaired) electrons. The summed E-state index contributed by atoms with van der Waals surface area (Å²) in [6, 6.07) is 21.4. The molecule has 1 saturated carbocycles. The zero-order valence-electron chi connectivity index (χ0n) is 22.2. The van der Waals surface area contributed by atoms with Gasteiger partial charge in [0.05, 0.1) is 5.41 Å². The summed E-state index contributed by atoms with van der Waals surface area (Å²) in [5.41, 5.74) is 0.161. The molecule has 0 saturated heterocycles. The monoisotopic (exact) mass is 490 g/mol. The summed E-state index contributed by atoms with van der Waals surface area (Å²) in [6.07, 6.45) is 5.15. The smallest absolute Gasteiger partial charge is 0.261 e. The Hall–Kier alpha value is -2.30. The van der Waals surface area contributed by atoms with Crippen molar-refractivity contribution in [2.24, 2.45) is 10.8 Å². The van der Waals surface area contributed by atoms with Gasteiger partial charge >= 0.3 is 0 Å². The van der Waals surface area contributed by atoms with E-state index in [-0.39, 0.29) is 16.2 Å². The quantitative estimate of drug-likeness (QED) is 0.162. The van der Waals surface area contributed by atoms with Gasteiger partial charge in [0.1, 0.15) is 12.1 Å². The van der Waals surface area contributed by atoms with Crippen LogP contribution in [-0.4, -0.2) is 27.0 Å². The summed E-state index contributed by atoms with van der Waals surface area (Å²) in [5, 5.41) is 2.52. The van der Waals surface area contributed by atoms with Crippen molar-refractivity contribution in [3.63, 3.8) is 0 Å². The van der Waals surface area contributed by atoms with Crippen LogP contribution in [0.5, 0.6) is 0 Å². The van der Waals surface area contributed by atoms with E-state index in [4.69, 9.17) is 4.43 Å². The second-order valence-corrected chi connectivity index (χ2v) is 15.8. The van der Waals surface area contributed by atoms with Gasteiger partial charge in [-0.05, 0) is 53.4 Å². The van der Waals surface area contributed by atoms with Crippen LogP contribution in [0.4, 0.5) is 0 Å². The average molecular weight is 491 g/mol. The lowest BCUT2D eigenvalue weighted by Crippen LogP contribution is -2.66. The molecule has 0 unspecified atom stereocenters. The third-order valence-corrected chi connectivity index (χ3v) is 13.6. The van der Waals surface area contributed by atoms with Gasteiger partial charge in [0.25, 0.3) is 8.32 Å². The number of benzene rings is 2. The van der Waals surface area contributed by atoms with Gasteiger partial charge in [-0.25, -0.2) is 0 Å². The first-order valence-corrected chi connectivity index (χ1v) is 14.8. The van der Waals surface area contributed by atoms with E-state index < -0.39 is 13.7 Å². The van der Waals surface area contributed by atoms with Crippen LogP contribution >= 0.6 is 0 Å². The zero-order chi connectivity index (χ0) is 25.7. The summed E-state index contributed by atoms with van der Waals surface area (Å²) < 4.78 is 7.08. The molecule has 1 fully saturated rings. The van der Waals surface area contributed by atoms with Crippen molar-refractivity contribution in [2.75, 3.05) is 6.61 Å². The number of hydrogen-bond acceptors (Lipinski definition) is 3. The van der Waals surface area contributed by atoms with Gasteiger partial charge in [0.15, 0.2) is 0 Å². The summed E-state index contributed by atoms with van der Waals surface area (Å²) in [4.78, 5) is 24.0. The van der Waals surface area contributed by atoms with Crippen LogP contribution in [0.2, 0.25) is 5.04 Å². The number of aldehydes is 1. The minimum Gasteiger partial charge on any atom is -0.407 e. The maximum Gasteiger partial charge on any atom is 0.261 e. The molecular weight excluding hydrogens is 448 g/mol. The van der Waals surface area contributed by atoms with Crippen LogP contribution in [0.1, 0.15) is 73.1 Å². The summed E-state index contributed by atoms with van der Waals surface area (Å²) in [6.45, 7) is 16.1. The van der Waals surface area contributed by atoms with Crippen molar-refractivity contribution in [2.45, 2.75) is 78.2 Å². The maximum absolute atomic E-state index is 13.0. The Labute approximate surface area is 213 Å². The molecule has 0 heterocycles. The number of carbonyl (C=O) groups excluding carboxylic acids is 2. The molecule has 0 aliphatic heterocycles. The summed E-state index contributed by atoms with van der Waals surface area (Å²) in [5.74, 6) is 0.267. The summed E-state index contributed by atoms with van der Waals surface area (Å²) >= 11 is 0. The van der Waals surface area contributed by atoms with Crippen molar-refractivity contribution in [1.82, 2.24) is 0 Å². The molecule has 2 atom stereocenters. The number of allylic oxidation sites excluding steroid dienone is 1. The van der Waals surface area contributed by atoms with Crippen LogP contribution in [0.3, 0.4) is 0 Å². The Morgan fingerprint density at radius 1 is 1.03 bits per heavy atom. The van der Waals surface area contributed by atoms with Crippen LogP contribution in [0.15, 0.2) is 72.8 Å². The first-order valence-electron chi connectivity index (χ1n) is 12.9. The van der Waals surface area contributed by atoms with Gasteiger partial charge in [-0.15, -0.1) is 0 Å². The van der Waals surface area contributed by atoms with Gasteiger partial charge in [0, 0.05) is 19.4 Å². The number of carbonyl (C=O) groups is 2. The standard InChI is InChI=1S/C31H42O3Si/c1-25(15-13-23-32)31(6)28(33)20-22-30(31,5)21-14-24-34-35(29(2,3)4,26-16-9-7-10-17-26)27-18-11-8-12-19-27/h7-12,16-19,23H,1,13-15,20-22,24H2,2-6H3/t30-,31+/m1/s1. The molecule has 2 aromatic carbocycles. The van der Waals surface area contributed by atoms with Crippen molar-refractivity contribution < 1.29 is 14.0 Å². The van der Waals surface area contributed by atoms with Crippen molar-refractivity contribution in [3.8, 4) is 0 Å².